The molecule has 0 saturated carbocycles. The van der Waals surface area contributed by atoms with Gasteiger partial charge in [0.25, 0.3) is 0 Å². The van der Waals surface area contributed by atoms with E-state index < -0.39 is 0 Å². The van der Waals surface area contributed by atoms with Gasteiger partial charge in [-0.15, -0.1) is 0 Å². The first-order chi connectivity index (χ1) is 13.1. The van der Waals surface area contributed by atoms with Crippen LogP contribution in [0.1, 0.15) is 50.8 Å². The van der Waals surface area contributed by atoms with E-state index in [2.05, 4.69) is 54.1 Å². The number of hydrogen-bond acceptors (Lipinski definition) is 5. The van der Waals surface area contributed by atoms with Crippen molar-refractivity contribution in [2.75, 3.05) is 41.3 Å². The van der Waals surface area contributed by atoms with Crippen LogP contribution in [0.15, 0.2) is 24.3 Å². The number of anilines is 4. The fourth-order valence-corrected chi connectivity index (χ4v) is 3.74. The Morgan fingerprint density at radius 1 is 0.963 bits per heavy atom. The molecule has 3 rings (SSSR count). The summed E-state index contributed by atoms with van der Waals surface area (Å²) in [5, 5.41) is 3.51. The predicted octanol–water partition coefficient (Wildman–Crippen LogP) is 5.06. The van der Waals surface area contributed by atoms with Gasteiger partial charge >= 0.3 is 0 Å². The molecule has 1 aliphatic rings. The Hall–Kier alpha value is -2.30. The Bertz CT molecular complexity index is 746. The van der Waals surface area contributed by atoms with Crippen molar-refractivity contribution in [2.45, 2.75) is 53.4 Å². The monoisotopic (exact) mass is 367 g/mol. The zero-order valence-electron chi connectivity index (χ0n) is 17.3. The lowest BCUT2D eigenvalue weighted by atomic mass is 10.1. The van der Waals surface area contributed by atoms with Gasteiger partial charge in [-0.25, -0.2) is 4.98 Å². The van der Waals surface area contributed by atoms with Crippen LogP contribution in [0.3, 0.4) is 0 Å². The van der Waals surface area contributed by atoms with Crippen LogP contribution in [0, 0.1) is 13.8 Å². The number of benzene rings is 1. The van der Waals surface area contributed by atoms with Crippen LogP contribution < -0.4 is 15.1 Å². The SMILES string of the molecule is CCN(CC)c1ccc(Nc2cc(C)nc(N3CCCCCC3)n2)c(C)c1. The summed E-state index contributed by atoms with van der Waals surface area (Å²) in [6, 6.07) is 8.62. The van der Waals surface area contributed by atoms with Crippen molar-refractivity contribution in [1.82, 2.24) is 9.97 Å². The molecular weight excluding hydrogens is 334 g/mol. The van der Waals surface area contributed by atoms with E-state index in [0.29, 0.717) is 0 Å². The molecule has 1 fully saturated rings. The standard InChI is InChI=1S/C22H33N5/c1-5-26(6-2)19-11-12-20(17(3)15-19)24-21-16-18(4)23-22(25-21)27-13-9-7-8-10-14-27/h11-12,15-16H,5-10,13-14H2,1-4H3,(H,23,24,25). The zero-order valence-corrected chi connectivity index (χ0v) is 17.3. The summed E-state index contributed by atoms with van der Waals surface area (Å²) < 4.78 is 0. The van der Waals surface area contributed by atoms with Crippen LogP contribution in [0.25, 0.3) is 0 Å². The van der Waals surface area contributed by atoms with Gasteiger partial charge in [0, 0.05) is 49.3 Å². The number of aryl methyl sites for hydroxylation is 2. The lowest BCUT2D eigenvalue weighted by molar-refractivity contribution is 0.726. The first-order valence-corrected chi connectivity index (χ1v) is 10.3. The van der Waals surface area contributed by atoms with Crippen molar-refractivity contribution in [3.8, 4) is 0 Å². The number of nitrogens with zero attached hydrogens (tertiary/aromatic N) is 4. The third kappa shape index (κ3) is 4.90. The van der Waals surface area contributed by atoms with Crippen molar-refractivity contribution in [3.63, 3.8) is 0 Å². The molecule has 0 bridgehead atoms. The first kappa shape index (κ1) is 19.5. The summed E-state index contributed by atoms with van der Waals surface area (Å²) in [6.07, 6.45) is 5.08. The Morgan fingerprint density at radius 3 is 2.30 bits per heavy atom. The summed E-state index contributed by atoms with van der Waals surface area (Å²) in [6.45, 7) is 12.7. The highest BCUT2D eigenvalue weighted by atomic mass is 15.3. The highest BCUT2D eigenvalue weighted by molar-refractivity contribution is 5.66. The minimum absolute atomic E-state index is 0.858. The largest absolute Gasteiger partial charge is 0.372 e. The Balaban J connectivity index is 1.81. The lowest BCUT2D eigenvalue weighted by Gasteiger charge is -2.23. The lowest BCUT2D eigenvalue weighted by Crippen LogP contribution is -2.26. The van der Waals surface area contributed by atoms with Crippen LogP contribution >= 0.6 is 0 Å². The Labute approximate surface area is 163 Å². The van der Waals surface area contributed by atoms with Gasteiger partial charge in [-0.3, -0.25) is 0 Å². The first-order valence-electron chi connectivity index (χ1n) is 10.3. The molecule has 0 atom stereocenters. The molecule has 0 amide bonds. The maximum Gasteiger partial charge on any atom is 0.227 e. The molecule has 2 aromatic rings. The van der Waals surface area contributed by atoms with Gasteiger partial charge in [0.2, 0.25) is 5.95 Å². The van der Waals surface area contributed by atoms with Crippen LogP contribution in [-0.2, 0) is 0 Å². The second-order valence-corrected chi connectivity index (χ2v) is 7.39. The molecule has 27 heavy (non-hydrogen) atoms. The predicted molar refractivity (Wildman–Crippen MR) is 115 cm³/mol. The molecule has 0 aliphatic carbocycles. The quantitative estimate of drug-likeness (QED) is 0.773. The van der Waals surface area contributed by atoms with E-state index >= 15 is 0 Å². The highest BCUT2D eigenvalue weighted by Crippen LogP contribution is 2.26. The second kappa shape index (κ2) is 9.07. The fourth-order valence-electron chi connectivity index (χ4n) is 3.74. The van der Waals surface area contributed by atoms with E-state index in [1.54, 1.807) is 0 Å². The number of hydrogen-bond donors (Lipinski definition) is 1. The maximum atomic E-state index is 4.82. The van der Waals surface area contributed by atoms with Crippen molar-refractivity contribution >= 4 is 23.1 Å². The molecule has 146 valence electrons. The molecule has 5 nitrogen and oxygen atoms in total. The summed E-state index contributed by atoms with van der Waals surface area (Å²) in [5.74, 6) is 1.73. The highest BCUT2D eigenvalue weighted by Gasteiger charge is 2.14. The average Bonchev–Trinajstić information content (AvgIpc) is 2.94. The molecular formula is C22H33N5. The molecule has 2 heterocycles. The summed E-state index contributed by atoms with van der Waals surface area (Å²) in [5.41, 5.74) is 4.61. The number of aromatic nitrogens is 2. The molecule has 0 unspecified atom stereocenters. The van der Waals surface area contributed by atoms with Crippen LogP contribution in [-0.4, -0.2) is 36.1 Å². The average molecular weight is 368 g/mol. The van der Waals surface area contributed by atoms with E-state index in [1.807, 2.05) is 13.0 Å². The molecule has 1 saturated heterocycles. The summed E-state index contributed by atoms with van der Waals surface area (Å²) >= 11 is 0. The second-order valence-electron chi connectivity index (χ2n) is 7.39. The minimum Gasteiger partial charge on any atom is -0.372 e. The zero-order chi connectivity index (χ0) is 19.2. The minimum atomic E-state index is 0.858. The summed E-state index contributed by atoms with van der Waals surface area (Å²) in [4.78, 5) is 14.2. The molecule has 5 heteroatoms. The Kier molecular flexibility index (Phi) is 6.54. The van der Waals surface area contributed by atoms with E-state index in [0.717, 1.165) is 49.3 Å². The van der Waals surface area contributed by atoms with Gasteiger partial charge in [-0.1, -0.05) is 12.8 Å². The molecule has 0 spiro atoms. The van der Waals surface area contributed by atoms with Crippen LogP contribution in [0.4, 0.5) is 23.1 Å². The summed E-state index contributed by atoms with van der Waals surface area (Å²) in [7, 11) is 0. The van der Waals surface area contributed by atoms with E-state index in [-0.39, 0.29) is 0 Å². The normalized spacial score (nSPS) is 14.7. The van der Waals surface area contributed by atoms with Gasteiger partial charge < -0.3 is 15.1 Å². The maximum absolute atomic E-state index is 4.82. The fraction of sp³-hybridized carbons (Fsp3) is 0.545. The third-order valence-corrected chi connectivity index (χ3v) is 5.33. The van der Waals surface area contributed by atoms with Crippen LogP contribution in [0.2, 0.25) is 0 Å². The topological polar surface area (TPSA) is 44.3 Å². The van der Waals surface area contributed by atoms with Crippen molar-refractivity contribution in [3.05, 3.63) is 35.5 Å². The number of nitrogens with one attached hydrogen (secondary N) is 1. The van der Waals surface area contributed by atoms with E-state index in [4.69, 9.17) is 9.97 Å². The van der Waals surface area contributed by atoms with E-state index in [9.17, 15) is 0 Å². The molecule has 1 aromatic heterocycles. The molecule has 1 N–H and O–H groups in total. The molecule has 1 aromatic carbocycles. The van der Waals surface area contributed by atoms with Gasteiger partial charge in [0.05, 0.1) is 0 Å². The van der Waals surface area contributed by atoms with Gasteiger partial charge in [0.15, 0.2) is 0 Å². The van der Waals surface area contributed by atoms with Gasteiger partial charge in [-0.2, -0.15) is 4.98 Å². The molecule has 0 radical (unpaired) electrons. The van der Waals surface area contributed by atoms with Crippen molar-refractivity contribution in [1.29, 1.82) is 0 Å². The van der Waals surface area contributed by atoms with E-state index in [1.165, 1.54) is 36.9 Å². The smallest absolute Gasteiger partial charge is 0.227 e. The number of rotatable bonds is 6. The van der Waals surface area contributed by atoms with Crippen molar-refractivity contribution < 1.29 is 0 Å². The third-order valence-electron chi connectivity index (χ3n) is 5.33. The van der Waals surface area contributed by atoms with Gasteiger partial charge in [-0.05, 0) is 64.3 Å². The Morgan fingerprint density at radius 2 is 1.67 bits per heavy atom. The molecule has 1 aliphatic heterocycles. The van der Waals surface area contributed by atoms with Crippen LogP contribution in [0.5, 0.6) is 0 Å². The van der Waals surface area contributed by atoms with Crippen molar-refractivity contribution in [2.24, 2.45) is 0 Å². The van der Waals surface area contributed by atoms with Gasteiger partial charge in [0.1, 0.15) is 5.82 Å².